The van der Waals surface area contributed by atoms with E-state index in [1.165, 1.54) is 16.8 Å². The summed E-state index contributed by atoms with van der Waals surface area (Å²) in [6, 6.07) is 6.01. The van der Waals surface area contributed by atoms with Gasteiger partial charge in [0.05, 0.1) is 10.6 Å². The molecule has 0 aliphatic carbocycles. The molecule has 0 aliphatic heterocycles. The lowest BCUT2D eigenvalue weighted by atomic mass is 10.3. The minimum Gasteiger partial charge on any atom is -0.368 e. The second-order valence-corrected chi connectivity index (χ2v) is 4.13. The highest BCUT2D eigenvalue weighted by Gasteiger charge is 2.13. The van der Waals surface area contributed by atoms with Gasteiger partial charge in [-0.1, -0.05) is 0 Å². The Hall–Kier alpha value is -2.64. The Morgan fingerprint density at radius 1 is 1.30 bits per heavy atom. The largest absolute Gasteiger partial charge is 0.368 e. The monoisotopic (exact) mass is 276 g/mol. The maximum absolute atomic E-state index is 10.6. The SMILES string of the molecule is CCN(CC)c1nc(N)n(-c2ccc([N+](=O)[O-])cc2)n1. The summed E-state index contributed by atoms with van der Waals surface area (Å²) in [5, 5.41) is 15.0. The Kier molecular flexibility index (Phi) is 3.83. The lowest BCUT2D eigenvalue weighted by Crippen LogP contribution is -2.23. The van der Waals surface area contributed by atoms with Gasteiger partial charge in [0, 0.05) is 25.2 Å². The number of nitro groups is 1. The summed E-state index contributed by atoms with van der Waals surface area (Å²) in [7, 11) is 0. The Bertz CT molecular complexity index is 603. The van der Waals surface area contributed by atoms with Gasteiger partial charge in [-0.25, -0.2) is 0 Å². The molecule has 0 spiro atoms. The van der Waals surface area contributed by atoms with Crippen LogP contribution in [0, 0.1) is 10.1 Å². The first-order valence-electron chi connectivity index (χ1n) is 6.29. The molecule has 0 radical (unpaired) electrons. The van der Waals surface area contributed by atoms with Crippen molar-refractivity contribution in [3.63, 3.8) is 0 Å². The van der Waals surface area contributed by atoms with E-state index in [2.05, 4.69) is 10.1 Å². The van der Waals surface area contributed by atoms with Crippen molar-refractivity contribution in [3.8, 4) is 5.69 Å². The molecule has 2 rings (SSSR count). The fourth-order valence-corrected chi connectivity index (χ4v) is 1.86. The van der Waals surface area contributed by atoms with E-state index in [0.717, 1.165) is 13.1 Å². The van der Waals surface area contributed by atoms with Gasteiger partial charge < -0.3 is 10.6 Å². The highest BCUT2D eigenvalue weighted by molar-refractivity contribution is 5.46. The van der Waals surface area contributed by atoms with Gasteiger partial charge in [0.25, 0.3) is 5.69 Å². The van der Waals surface area contributed by atoms with Gasteiger partial charge >= 0.3 is 0 Å². The fraction of sp³-hybridized carbons (Fsp3) is 0.333. The van der Waals surface area contributed by atoms with Crippen molar-refractivity contribution in [1.82, 2.24) is 14.8 Å². The van der Waals surface area contributed by atoms with E-state index < -0.39 is 4.92 Å². The van der Waals surface area contributed by atoms with Gasteiger partial charge in [-0.2, -0.15) is 9.67 Å². The second kappa shape index (κ2) is 5.55. The number of non-ortho nitro benzene ring substituents is 1. The zero-order valence-corrected chi connectivity index (χ0v) is 11.4. The first-order chi connectivity index (χ1) is 9.56. The van der Waals surface area contributed by atoms with Crippen LogP contribution in [0.1, 0.15) is 13.8 Å². The van der Waals surface area contributed by atoms with E-state index in [1.54, 1.807) is 12.1 Å². The van der Waals surface area contributed by atoms with E-state index in [9.17, 15) is 10.1 Å². The Morgan fingerprint density at radius 2 is 1.90 bits per heavy atom. The highest BCUT2D eigenvalue weighted by atomic mass is 16.6. The van der Waals surface area contributed by atoms with Crippen LogP contribution in [0.3, 0.4) is 0 Å². The van der Waals surface area contributed by atoms with E-state index >= 15 is 0 Å². The fourth-order valence-electron chi connectivity index (χ4n) is 1.86. The maximum Gasteiger partial charge on any atom is 0.269 e. The van der Waals surface area contributed by atoms with E-state index in [4.69, 9.17) is 5.73 Å². The van der Waals surface area contributed by atoms with Crippen molar-refractivity contribution in [2.24, 2.45) is 0 Å². The predicted molar refractivity (Wildman–Crippen MR) is 76.0 cm³/mol. The van der Waals surface area contributed by atoms with Crippen molar-refractivity contribution in [2.75, 3.05) is 23.7 Å². The molecule has 0 amide bonds. The Labute approximate surface area is 116 Å². The first kappa shape index (κ1) is 13.8. The number of anilines is 2. The molecule has 0 aliphatic rings. The van der Waals surface area contributed by atoms with E-state index in [1.807, 2.05) is 18.7 Å². The van der Waals surface area contributed by atoms with Gasteiger partial charge in [-0.3, -0.25) is 10.1 Å². The van der Waals surface area contributed by atoms with Crippen LogP contribution in [0.5, 0.6) is 0 Å². The molecule has 1 heterocycles. The average molecular weight is 276 g/mol. The number of rotatable bonds is 5. The summed E-state index contributed by atoms with van der Waals surface area (Å²) < 4.78 is 1.47. The summed E-state index contributed by atoms with van der Waals surface area (Å²) in [5.41, 5.74) is 6.51. The Balaban J connectivity index is 2.35. The molecule has 1 aromatic carbocycles. The summed E-state index contributed by atoms with van der Waals surface area (Å²) in [5.74, 6) is 0.798. The topological polar surface area (TPSA) is 103 Å². The van der Waals surface area contributed by atoms with Crippen molar-refractivity contribution < 1.29 is 4.92 Å². The Morgan fingerprint density at radius 3 is 2.40 bits per heavy atom. The van der Waals surface area contributed by atoms with Crippen molar-refractivity contribution >= 4 is 17.6 Å². The third kappa shape index (κ3) is 2.53. The molecular formula is C12H16N6O2. The van der Waals surface area contributed by atoms with Gasteiger partial charge in [0.15, 0.2) is 0 Å². The molecular weight excluding hydrogens is 260 g/mol. The van der Waals surface area contributed by atoms with Crippen LogP contribution >= 0.6 is 0 Å². The number of aromatic nitrogens is 3. The lowest BCUT2D eigenvalue weighted by molar-refractivity contribution is -0.384. The molecule has 1 aromatic heterocycles. The molecule has 0 saturated heterocycles. The molecule has 8 nitrogen and oxygen atoms in total. The molecule has 8 heteroatoms. The van der Waals surface area contributed by atoms with E-state index in [-0.39, 0.29) is 11.6 Å². The smallest absolute Gasteiger partial charge is 0.269 e. The molecule has 0 atom stereocenters. The van der Waals surface area contributed by atoms with Crippen molar-refractivity contribution in [3.05, 3.63) is 34.4 Å². The van der Waals surface area contributed by atoms with E-state index in [0.29, 0.717) is 11.6 Å². The van der Waals surface area contributed by atoms with Crippen LogP contribution in [0.25, 0.3) is 5.69 Å². The van der Waals surface area contributed by atoms with Crippen molar-refractivity contribution in [2.45, 2.75) is 13.8 Å². The third-order valence-electron chi connectivity index (χ3n) is 2.97. The number of hydrogen-bond acceptors (Lipinski definition) is 6. The van der Waals surface area contributed by atoms with Crippen LogP contribution in [0.2, 0.25) is 0 Å². The minimum atomic E-state index is -0.449. The van der Waals surface area contributed by atoms with Crippen LogP contribution < -0.4 is 10.6 Å². The van der Waals surface area contributed by atoms with Gasteiger partial charge in [0.2, 0.25) is 11.9 Å². The first-order valence-corrected chi connectivity index (χ1v) is 6.29. The molecule has 0 bridgehead atoms. The predicted octanol–water partition coefficient (Wildman–Crippen LogP) is 1.60. The summed E-state index contributed by atoms with van der Waals surface area (Å²) >= 11 is 0. The maximum atomic E-state index is 10.6. The van der Waals surface area contributed by atoms with Crippen LogP contribution in [-0.4, -0.2) is 32.8 Å². The number of nitro benzene ring substituents is 1. The molecule has 2 N–H and O–H groups in total. The van der Waals surface area contributed by atoms with Crippen molar-refractivity contribution in [1.29, 1.82) is 0 Å². The molecule has 0 unspecified atom stereocenters. The number of hydrogen-bond donors (Lipinski definition) is 1. The quantitative estimate of drug-likeness (QED) is 0.657. The minimum absolute atomic E-state index is 0.0244. The summed E-state index contributed by atoms with van der Waals surface area (Å²) in [6.07, 6.45) is 0. The van der Waals surface area contributed by atoms with Gasteiger partial charge in [0.1, 0.15) is 0 Å². The lowest BCUT2D eigenvalue weighted by Gasteiger charge is -2.15. The highest BCUT2D eigenvalue weighted by Crippen LogP contribution is 2.19. The number of nitrogens with two attached hydrogens (primary N) is 1. The molecule has 0 saturated carbocycles. The zero-order valence-electron chi connectivity index (χ0n) is 11.4. The van der Waals surface area contributed by atoms with Gasteiger partial charge in [-0.15, -0.1) is 5.10 Å². The molecule has 106 valence electrons. The molecule has 0 fully saturated rings. The standard InChI is InChI=1S/C12H16N6O2/c1-3-16(4-2)12-14-11(13)17(15-12)9-5-7-10(8-6-9)18(19)20/h5-8H,3-4H2,1-2H3,(H2,13,14,15). The molecule has 20 heavy (non-hydrogen) atoms. The van der Waals surface area contributed by atoms with Gasteiger partial charge in [-0.05, 0) is 26.0 Å². The summed E-state index contributed by atoms with van der Waals surface area (Å²) in [6.45, 7) is 5.57. The second-order valence-electron chi connectivity index (χ2n) is 4.13. The van der Waals surface area contributed by atoms with Crippen LogP contribution in [0.4, 0.5) is 17.6 Å². The number of benzene rings is 1. The zero-order chi connectivity index (χ0) is 14.7. The number of nitrogens with zero attached hydrogens (tertiary/aromatic N) is 5. The van der Waals surface area contributed by atoms with Crippen LogP contribution in [0.15, 0.2) is 24.3 Å². The number of nitrogen functional groups attached to an aromatic ring is 1. The molecule has 2 aromatic rings. The normalized spacial score (nSPS) is 10.5. The third-order valence-corrected chi connectivity index (χ3v) is 2.97. The summed E-state index contributed by atoms with van der Waals surface area (Å²) in [4.78, 5) is 16.4. The van der Waals surface area contributed by atoms with Crippen LogP contribution in [-0.2, 0) is 0 Å². The average Bonchev–Trinajstić information content (AvgIpc) is 2.82.